The number of hydrogen-bond acceptors (Lipinski definition) is 6. The van der Waals surface area contributed by atoms with Gasteiger partial charge in [0.15, 0.2) is 14.1 Å². The van der Waals surface area contributed by atoms with Crippen LogP contribution in [-0.4, -0.2) is 55.0 Å². The highest BCUT2D eigenvalue weighted by Gasteiger charge is 2.55. The van der Waals surface area contributed by atoms with Gasteiger partial charge in [0, 0.05) is 0 Å². The van der Waals surface area contributed by atoms with Gasteiger partial charge < -0.3 is 23.4 Å². The molecule has 0 saturated carbocycles. The van der Waals surface area contributed by atoms with Gasteiger partial charge in [-0.15, -0.1) is 0 Å². The van der Waals surface area contributed by atoms with Crippen molar-refractivity contribution in [1.29, 1.82) is 5.41 Å². The Hall–Kier alpha value is 0.397. The summed E-state index contributed by atoms with van der Waals surface area (Å²) in [6.07, 6.45) is 0.0972. The number of ether oxygens (including phenoxy) is 4. The Labute approximate surface area is 203 Å². The third-order valence-corrected chi connectivity index (χ3v) is 11.8. The molecule has 0 amide bonds. The third kappa shape index (κ3) is 6.50. The van der Waals surface area contributed by atoms with Crippen LogP contribution in [0.25, 0.3) is 0 Å². The van der Waals surface area contributed by atoms with Crippen molar-refractivity contribution in [2.24, 2.45) is 5.92 Å². The van der Waals surface area contributed by atoms with Crippen LogP contribution in [0.2, 0.25) is 18.1 Å². The maximum Gasteiger partial charge on any atom is 0.265 e. The molecule has 182 valence electrons. The van der Waals surface area contributed by atoms with Crippen molar-refractivity contribution in [3.63, 3.8) is 0 Å². The zero-order valence-corrected chi connectivity index (χ0v) is 23.2. The molecule has 0 radical (unpaired) electrons. The van der Waals surface area contributed by atoms with Gasteiger partial charge in [-0.05, 0) is 43.3 Å². The number of halogens is 3. The van der Waals surface area contributed by atoms with Crippen molar-refractivity contribution in [2.75, 3.05) is 6.61 Å². The van der Waals surface area contributed by atoms with Crippen LogP contribution in [0.15, 0.2) is 0 Å². The summed E-state index contributed by atoms with van der Waals surface area (Å²) in [6.45, 7) is 17.6. The predicted octanol–water partition coefficient (Wildman–Crippen LogP) is 6.42. The molecule has 2 heterocycles. The molecule has 0 aromatic heterocycles. The normalized spacial score (nSPS) is 31.8. The van der Waals surface area contributed by atoms with Crippen LogP contribution in [0, 0.1) is 11.3 Å². The lowest BCUT2D eigenvalue weighted by Crippen LogP contribution is -2.45. The molecular formula is C21H38Cl3NO5Si. The molecule has 0 spiro atoms. The summed E-state index contributed by atoms with van der Waals surface area (Å²) in [4.78, 5) is 0. The standard InChI is InChI=1S/C21H38Cl3NO5Si/c1-9-20(10-2)29-15-13(3)11-14(12-26-31(7,8)19(4,5)6)27-17(16(15)30-20)28-18(25)21(22,23)24/h13-17,25H,9-12H2,1-8H3/t13-,14+,15-,16-,17?/m1/s1. The molecule has 2 aliphatic heterocycles. The van der Waals surface area contributed by atoms with E-state index in [1.165, 1.54) is 0 Å². The minimum absolute atomic E-state index is 0.0848. The molecule has 2 rings (SSSR count). The molecule has 6 nitrogen and oxygen atoms in total. The second kappa shape index (κ2) is 9.94. The van der Waals surface area contributed by atoms with Crippen LogP contribution >= 0.6 is 34.8 Å². The largest absolute Gasteiger partial charge is 0.445 e. The summed E-state index contributed by atoms with van der Waals surface area (Å²) in [5.41, 5.74) is 0. The fourth-order valence-corrected chi connectivity index (χ4v) is 4.84. The molecule has 1 unspecified atom stereocenters. The molecule has 10 heteroatoms. The van der Waals surface area contributed by atoms with Gasteiger partial charge in [-0.2, -0.15) is 0 Å². The van der Waals surface area contributed by atoms with Gasteiger partial charge >= 0.3 is 0 Å². The first-order valence-corrected chi connectivity index (χ1v) is 15.1. The Morgan fingerprint density at radius 2 is 1.65 bits per heavy atom. The van der Waals surface area contributed by atoms with Crippen LogP contribution in [0.1, 0.15) is 60.8 Å². The van der Waals surface area contributed by atoms with E-state index in [1.807, 2.05) is 13.8 Å². The van der Waals surface area contributed by atoms with Crippen LogP contribution < -0.4 is 0 Å². The monoisotopic (exact) mass is 517 g/mol. The molecular weight excluding hydrogens is 481 g/mol. The quantitative estimate of drug-likeness (QED) is 0.190. The summed E-state index contributed by atoms with van der Waals surface area (Å²) in [7, 11) is -1.96. The van der Waals surface area contributed by atoms with Gasteiger partial charge in [-0.1, -0.05) is 76.3 Å². The van der Waals surface area contributed by atoms with E-state index in [-0.39, 0.29) is 23.2 Å². The van der Waals surface area contributed by atoms with Gasteiger partial charge in [0.05, 0.1) is 18.8 Å². The van der Waals surface area contributed by atoms with Gasteiger partial charge in [-0.25, -0.2) is 0 Å². The molecule has 0 aliphatic carbocycles. The molecule has 0 aromatic rings. The highest BCUT2D eigenvalue weighted by Crippen LogP contribution is 2.44. The van der Waals surface area contributed by atoms with Crippen molar-refractivity contribution in [2.45, 2.75) is 113 Å². The van der Waals surface area contributed by atoms with Gasteiger partial charge in [0.2, 0.25) is 12.2 Å². The number of alkyl halides is 3. The van der Waals surface area contributed by atoms with Crippen molar-refractivity contribution < 1.29 is 23.4 Å². The summed E-state index contributed by atoms with van der Waals surface area (Å²) >= 11 is 17.6. The zero-order chi connectivity index (χ0) is 23.8. The highest BCUT2D eigenvalue weighted by atomic mass is 35.6. The minimum Gasteiger partial charge on any atom is -0.445 e. The Morgan fingerprint density at radius 3 is 2.13 bits per heavy atom. The molecule has 0 aromatic carbocycles. The smallest absolute Gasteiger partial charge is 0.265 e. The van der Waals surface area contributed by atoms with Crippen LogP contribution in [-0.2, 0) is 23.4 Å². The van der Waals surface area contributed by atoms with Crippen molar-refractivity contribution in [1.82, 2.24) is 0 Å². The van der Waals surface area contributed by atoms with E-state index in [0.717, 1.165) is 0 Å². The lowest BCUT2D eigenvalue weighted by molar-refractivity contribution is -0.228. The Kier molecular flexibility index (Phi) is 8.87. The van der Waals surface area contributed by atoms with Gasteiger partial charge in [0.25, 0.3) is 3.79 Å². The highest BCUT2D eigenvalue weighted by molar-refractivity contribution is 6.76. The van der Waals surface area contributed by atoms with E-state index in [0.29, 0.717) is 25.9 Å². The number of fused-ring (bicyclic) bond motifs is 1. The maximum atomic E-state index is 8.07. The van der Waals surface area contributed by atoms with Crippen LogP contribution in [0.3, 0.4) is 0 Å². The van der Waals surface area contributed by atoms with E-state index < -0.39 is 36.2 Å². The second-order valence-corrected chi connectivity index (χ2v) is 17.2. The summed E-state index contributed by atoms with van der Waals surface area (Å²) in [5, 5.41) is 8.15. The molecule has 2 aliphatic rings. The zero-order valence-electron chi connectivity index (χ0n) is 19.9. The van der Waals surface area contributed by atoms with E-state index in [1.54, 1.807) is 0 Å². The summed E-state index contributed by atoms with van der Waals surface area (Å²) < 4.78 is 29.2. The predicted molar refractivity (Wildman–Crippen MR) is 128 cm³/mol. The molecule has 5 atom stereocenters. The minimum atomic E-state index is -1.99. The molecule has 0 bridgehead atoms. The van der Waals surface area contributed by atoms with Crippen LogP contribution in [0.5, 0.6) is 0 Å². The molecule has 1 N–H and O–H groups in total. The fraction of sp³-hybridized carbons (Fsp3) is 0.952. The SMILES string of the molecule is CCC1(CC)O[C@@H]2[C@H](C)C[C@@H](CO[Si](C)(C)C(C)(C)C)OC(OC(=N)C(Cl)(Cl)Cl)[C@@H]2O1. The Morgan fingerprint density at radius 1 is 1.10 bits per heavy atom. The second-order valence-electron chi connectivity index (χ2n) is 10.1. The summed E-state index contributed by atoms with van der Waals surface area (Å²) in [6, 6.07) is 0. The summed E-state index contributed by atoms with van der Waals surface area (Å²) in [5.74, 6) is -1.08. The Bertz CT molecular complexity index is 633. The average Bonchev–Trinajstić information content (AvgIpc) is 2.99. The number of rotatable bonds is 6. The molecule has 2 saturated heterocycles. The van der Waals surface area contributed by atoms with E-state index in [4.69, 9.17) is 63.6 Å². The first-order valence-electron chi connectivity index (χ1n) is 11.0. The van der Waals surface area contributed by atoms with E-state index in [9.17, 15) is 0 Å². The lowest BCUT2D eigenvalue weighted by Gasteiger charge is -2.37. The van der Waals surface area contributed by atoms with E-state index in [2.05, 4.69) is 40.8 Å². The van der Waals surface area contributed by atoms with Crippen molar-refractivity contribution >= 4 is 49.0 Å². The molecule has 2 fully saturated rings. The first kappa shape index (κ1) is 27.6. The van der Waals surface area contributed by atoms with E-state index >= 15 is 0 Å². The number of hydrogen-bond donors (Lipinski definition) is 1. The topological polar surface area (TPSA) is 70.0 Å². The molecule has 31 heavy (non-hydrogen) atoms. The van der Waals surface area contributed by atoms with Crippen molar-refractivity contribution in [3.05, 3.63) is 0 Å². The Balaban J connectivity index is 2.25. The van der Waals surface area contributed by atoms with Gasteiger partial charge in [-0.3, -0.25) is 5.41 Å². The first-order chi connectivity index (χ1) is 14.0. The van der Waals surface area contributed by atoms with Gasteiger partial charge in [0.1, 0.15) is 6.10 Å². The fourth-order valence-electron chi connectivity index (χ4n) is 3.67. The third-order valence-electron chi connectivity index (χ3n) is 6.82. The average molecular weight is 519 g/mol. The lowest BCUT2D eigenvalue weighted by atomic mass is 9.95. The van der Waals surface area contributed by atoms with Crippen molar-refractivity contribution in [3.8, 4) is 0 Å². The van der Waals surface area contributed by atoms with Crippen LogP contribution in [0.4, 0.5) is 0 Å². The number of nitrogens with one attached hydrogen (secondary N) is 1. The maximum absolute atomic E-state index is 8.07.